The van der Waals surface area contributed by atoms with Crippen LogP contribution in [0.4, 0.5) is 11.4 Å². The molecule has 0 unspecified atom stereocenters. The summed E-state index contributed by atoms with van der Waals surface area (Å²) in [4.78, 5) is 45.4. The normalized spacial score (nSPS) is 12.4. The highest BCUT2D eigenvalue weighted by Gasteiger charge is 2.23. The van der Waals surface area contributed by atoms with Crippen molar-refractivity contribution in [1.29, 1.82) is 0 Å². The molecule has 1 N–H and O–H groups in total. The van der Waals surface area contributed by atoms with Crippen molar-refractivity contribution >= 4 is 29.5 Å². The minimum absolute atomic E-state index is 0.101. The number of nitrogens with zero attached hydrogens (tertiary/aromatic N) is 1. The van der Waals surface area contributed by atoms with E-state index in [1.54, 1.807) is 0 Å². The number of ether oxygens (including phenoxy) is 3. The molecule has 1 amide bonds. The van der Waals surface area contributed by atoms with Crippen LogP contribution in [0.2, 0.25) is 0 Å². The molecule has 0 aromatic heterocycles. The van der Waals surface area contributed by atoms with E-state index in [2.05, 4.69) is 5.32 Å². The highest BCUT2D eigenvalue weighted by atomic mass is 16.6. The number of rotatable bonds is 6. The Morgan fingerprint density at radius 2 is 1.79 bits per heavy atom. The van der Waals surface area contributed by atoms with E-state index in [1.807, 2.05) is 0 Å². The second-order valence-corrected chi connectivity index (χ2v) is 5.99. The van der Waals surface area contributed by atoms with E-state index < -0.39 is 23.4 Å². The molecule has 0 aliphatic carbocycles. The summed E-state index contributed by atoms with van der Waals surface area (Å²) in [6.07, 6.45) is 1.25. The van der Waals surface area contributed by atoms with Crippen LogP contribution in [0.15, 0.2) is 36.4 Å². The van der Waals surface area contributed by atoms with Crippen LogP contribution in [0, 0.1) is 10.1 Å². The van der Waals surface area contributed by atoms with Crippen molar-refractivity contribution in [3.8, 4) is 11.5 Å². The second kappa shape index (κ2) is 8.83. The molecule has 150 valence electrons. The number of esters is 1. The monoisotopic (exact) mass is 400 g/mol. The van der Waals surface area contributed by atoms with Gasteiger partial charge in [-0.05, 0) is 12.1 Å². The van der Waals surface area contributed by atoms with Gasteiger partial charge in [0.05, 0.1) is 29.8 Å². The Bertz CT molecular complexity index is 955. The number of nitro benzene ring substituents is 1. The molecule has 0 atom stereocenters. The van der Waals surface area contributed by atoms with Crippen LogP contribution in [-0.2, 0) is 9.53 Å². The lowest BCUT2D eigenvalue weighted by atomic mass is 10.1. The lowest BCUT2D eigenvalue weighted by molar-refractivity contribution is -0.384. The van der Waals surface area contributed by atoms with Crippen molar-refractivity contribution < 1.29 is 33.5 Å². The number of nitro groups is 1. The lowest BCUT2D eigenvalue weighted by Crippen LogP contribution is -2.21. The van der Waals surface area contributed by atoms with Gasteiger partial charge in [-0.25, -0.2) is 4.79 Å². The molecule has 29 heavy (non-hydrogen) atoms. The van der Waals surface area contributed by atoms with Crippen molar-refractivity contribution in [2.75, 3.05) is 25.1 Å². The van der Waals surface area contributed by atoms with Gasteiger partial charge in [-0.2, -0.15) is 0 Å². The van der Waals surface area contributed by atoms with Crippen molar-refractivity contribution in [3.05, 3.63) is 57.6 Å². The highest BCUT2D eigenvalue weighted by molar-refractivity contribution is 5.97. The fraction of sp³-hybridized carbons (Fsp3) is 0.211. The Morgan fingerprint density at radius 3 is 2.41 bits per heavy atom. The maximum Gasteiger partial charge on any atom is 0.338 e. The third-order valence-corrected chi connectivity index (χ3v) is 3.95. The van der Waals surface area contributed by atoms with Gasteiger partial charge in [0.15, 0.2) is 18.1 Å². The number of carbonyl (C=O) groups is 3. The molecule has 0 bridgehead atoms. The zero-order chi connectivity index (χ0) is 20.8. The molecule has 10 nitrogen and oxygen atoms in total. The topological polar surface area (TPSA) is 134 Å². The van der Waals surface area contributed by atoms with Gasteiger partial charge in [-0.1, -0.05) is 12.1 Å². The molecule has 10 heteroatoms. The van der Waals surface area contributed by atoms with Crippen LogP contribution >= 0.6 is 0 Å². The van der Waals surface area contributed by atoms with E-state index in [4.69, 9.17) is 14.2 Å². The Labute approximate surface area is 164 Å². The Balaban J connectivity index is 1.67. The molecular formula is C19H16N2O8. The van der Waals surface area contributed by atoms with E-state index in [1.165, 1.54) is 36.4 Å². The summed E-state index contributed by atoms with van der Waals surface area (Å²) in [6.45, 7) is 0.0816. The van der Waals surface area contributed by atoms with Gasteiger partial charge >= 0.3 is 5.97 Å². The van der Waals surface area contributed by atoms with E-state index >= 15 is 0 Å². The second-order valence-electron chi connectivity index (χ2n) is 5.99. The van der Waals surface area contributed by atoms with E-state index in [0.29, 0.717) is 31.5 Å². The SMILES string of the molecule is O=Cc1ccc(C(=O)OCC(=O)Nc2cc3c(cc2[N+](=O)[O-])OCCCO3)cc1. The molecule has 0 saturated carbocycles. The third-order valence-electron chi connectivity index (χ3n) is 3.95. The number of fused-ring (bicyclic) bond motifs is 1. The molecule has 1 aliphatic rings. The van der Waals surface area contributed by atoms with Gasteiger partial charge in [0.2, 0.25) is 0 Å². The van der Waals surface area contributed by atoms with E-state index in [0.717, 1.165) is 0 Å². The quantitative estimate of drug-likeness (QED) is 0.338. The number of hydrogen-bond acceptors (Lipinski definition) is 8. The van der Waals surface area contributed by atoms with Crippen molar-refractivity contribution in [2.45, 2.75) is 6.42 Å². The minimum Gasteiger partial charge on any atom is -0.489 e. The fourth-order valence-corrected chi connectivity index (χ4v) is 2.55. The first-order chi connectivity index (χ1) is 14.0. The number of aldehydes is 1. The van der Waals surface area contributed by atoms with Gasteiger partial charge in [0.1, 0.15) is 12.0 Å². The number of nitrogens with one attached hydrogen (secondary N) is 1. The molecule has 0 radical (unpaired) electrons. The maximum atomic E-state index is 12.1. The molecule has 3 rings (SSSR count). The Morgan fingerprint density at radius 1 is 1.14 bits per heavy atom. The highest BCUT2D eigenvalue weighted by Crippen LogP contribution is 2.39. The van der Waals surface area contributed by atoms with Crippen molar-refractivity contribution in [3.63, 3.8) is 0 Å². The van der Waals surface area contributed by atoms with Gasteiger partial charge in [0, 0.05) is 18.1 Å². The molecule has 2 aromatic carbocycles. The van der Waals surface area contributed by atoms with Crippen LogP contribution in [0.3, 0.4) is 0 Å². The fourth-order valence-electron chi connectivity index (χ4n) is 2.55. The molecule has 1 heterocycles. The van der Waals surface area contributed by atoms with Crippen LogP contribution < -0.4 is 14.8 Å². The van der Waals surface area contributed by atoms with E-state index in [9.17, 15) is 24.5 Å². The summed E-state index contributed by atoms with van der Waals surface area (Å²) in [6, 6.07) is 8.13. The molecule has 0 fully saturated rings. The summed E-state index contributed by atoms with van der Waals surface area (Å²) in [5, 5.41) is 13.7. The smallest absolute Gasteiger partial charge is 0.338 e. The van der Waals surface area contributed by atoms with E-state index in [-0.39, 0.29) is 28.4 Å². The predicted octanol–water partition coefficient (Wildman–Crippen LogP) is 2.36. The van der Waals surface area contributed by atoms with Crippen LogP contribution in [-0.4, -0.2) is 42.9 Å². The Kier molecular flexibility index (Phi) is 6.03. The maximum absolute atomic E-state index is 12.1. The van der Waals surface area contributed by atoms with Gasteiger partial charge < -0.3 is 19.5 Å². The Hall–Kier alpha value is -3.95. The van der Waals surface area contributed by atoms with Crippen molar-refractivity contribution in [2.24, 2.45) is 0 Å². The average Bonchev–Trinajstić information content (AvgIpc) is 2.96. The van der Waals surface area contributed by atoms with Gasteiger partial charge in [-0.3, -0.25) is 19.7 Å². The van der Waals surface area contributed by atoms with Crippen molar-refractivity contribution in [1.82, 2.24) is 0 Å². The summed E-state index contributed by atoms with van der Waals surface area (Å²) in [5.74, 6) is -1.04. The summed E-state index contributed by atoms with van der Waals surface area (Å²) in [7, 11) is 0. The van der Waals surface area contributed by atoms with Gasteiger partial charge in [0.25, 0.3) is 11.6 Å². The first-order valence-electron chi connectivity index (χ1n) is 8.58. The zero-order valence-electron chi connectivity index (χ0n) is 15.1. The number of benzene rings is 2. The van der Waals surface area contributed by atoms with Gasteiger partial charge in [-0.15, -0.1) is 0 Å². The molecule has 2 aromatic rings. The minimum atomic E-state index is -0.772. The van der Waals surface area contributed by atoms with Crippen LogP contribution in [0.25, 0.3) is 0 Å². The first-order valence-corrected chi connectivity index (χ1v) is 8.58. The summed E-state index contributed by atoms with van der Waals surface area (Å²) >= 11 is 0. The summed E-state index contributed by atoms with van der Waals surface area (Å²) < 4.78 is 15.8. The number of hydrogen-bond donors (Lipinski definition) is 1. The number of amides is 1. The molecule has 1 aliphatic heterocycles. The summed E-state index contributed by atoms with van der Waals surface area (Å²) in [5.41, 5.74) is 0.0694. The first kappa shape index (κ1) is 19.8. The largest absolute Gasteiger partial charge is 0.489 e. The molecule has 0 spiro atoms. The van der Waals surface area contributed by atoms with Crippen LogP contribution in [0.1, 0.15) is 27.1 Å². The molecule has 0 saturated heterocycles. The zero-order valence-corrected chi connectivity index (χ0v) is 15.1. The standard InChI is InChI=1S/C19H16N2O8/c22-10-12-2-4-13(5-3-12)19(24)29-11-18(23)20-14-8-16-17(9-15(14)21(25)26)28-7-1-6-27-16/h2-5,8-10H,1,6-7,11H2,(H,20,23). The molecular weight excluding hydrogens is 384 g/mol. The average molecular weight is 400 g/mol. The lowest BCUT2D eigenvalue weighted by Gasteiger charge is -2.11. The third kappa shape index (κ3) is 4.86. The number of anilines is 1. The predicted molar refractivity (Wildman–Crippen MR) is 99.4 cm³/mol. The number of carbonyl (C=O) groups excluding carboxylic acids is 3. The van der Waals surface area contributed by atoms with Crippen LogP contribution in [0.5, 0.6) is 11.5 Å².